The van der Waals surface area contributed by atoms with Gasteiger partial charge in [0.1, 0.15) is 11.5 Å². The first-order chi connectivity index (χ1) is 14.5. The predicted octanol–water partition coefficient (Wildman–Crippen LogP) is 5.18. The number of anilines is 1. The first-order valence-electron chi connectivity index (χ1n) is 11.1. The molecule has 0 bridgehead atoms. The van der Waals surface area contributed by atoms with E-state index in [1.54, 1.807) is 12.4 Å². The van der Waals surface area contributed by atoms with Gasteiger partial charge in [0.05, 0.1) is 23.7 Å². The first-order valence-corrected chi connectivity index (χ1v) is 11.1. The Morgan fingerprint density at radius 1 is 1.10 bits per heavy atom. The highest BCUT2D eigenvalue weighted by Crippen LogP contribution is 2.39. The highest BCUT2D eigenvalue weighted by molar-refractivity contribution is 6.03. The van der Waals surface area contributed by atoms with Crippen molar-refractivity contribution in [2.45, 2.75) is 76.2 Å². The average Bonchev–Trinajstić information content (AvgIpc) is 2.75. The average molecular weight is 412 g/mol. The van der Waals surface area contributed by atoms with Crippen molar-refractivity contribution in [3.63, 3.8) is 0 Å². The van der Waals surface area contributed by atoms with Gasteiger partial charge in [0, 0.05) is 12.1 Å². The molecule has 0 aromatic carbocycles. The van der Waals surface area contributed by atoms with Gasteiger partial charge in [-0.1, -0.05) is 19.8 Å². The van der Waals surface area contributed by atoms with Gasteiger partial charge in [-0.05, 0) is 74.1 Å². The number of rotatable bonds is 4. The molecule has 2 aliphatic carbocycles. The molecule has 2 saturated carbocycles. The van der Waals surface area contributed by atoms with E-state index in [1.807, 2.05) is 6.07 Å². The Morgan fingerprint density at radius 3 is 2.67 bits per heavy atom. The summed E-state index contributed by atoms with van der Waals surface area (Å²) in [4.78, 5) is 21.5. The Kier molecular flexibility index (Phi) is 6.42. The number of aromatic nitrogens is 2. The highest BCUT2D eigenvalue weighted by atomic mass is 19.1. The summed E-state index contributed by atoms with van der Waals surface area (Å²) in [5, 5.41) is 12.7. The molecule has 4 rings (SSSR count). The number of carbonyl (C=O) groups is 1. The van der Waals surface area contributed by atoms with Crippen LogP contribution in [0.25, 0.3) is 0 Å². The molecule has 2 fully saturated rings. The van der Waals surface area contributed by atoms with Crippen LogP contribution in [0.1, 0.15) is 91.9 Å². The fourth-order valence-corrected chi connectivity index (χ4v) is 4.99. The maximum Gasteiger partial charge on any atom is 0.274 e. The molecule has 2 atom stereocenters. The van der Waals surface area contributed by atoms with Crippen molar-refractivity contribution in [1.82, 2.24) is 9.97 Å². The molecule has 2 aromatic heterocycles. The van der Waals surface area contributed by atoms with E-state index in [4.69, 9.17) is 0 Å². The van der Waals surface area contributed by atoms with Gasteiger partial charge >= 0.3 is 0 Å². The van der Waals surface area contributed by atoms with E-state index in [-0.39, 0.29) is 29.4 Å². The van der Waals surface area contributed by atoms with Crippen molar-refractivity contribution in [2.24, 2.45) is 5.92 Å². The second-order valence-corrected chi connectivity index (χ2v) is 8.95. The molecule has 0 saturated heterocycles. The van der Waals surface area contributed by atoms with E-state index in [2.05, 4.69) is 22.2 Å². The lowest BCUT2D eigenvalue weighted by Gasteiger charge is -2.28. The third kappa shape index (κ3) is 4.69. The van der Waals surface area contributed by atoms with E-state index in [9.17, 15) is 14.3 Å². The fraction of sp³-hybridized carbons (Fsp3) is 0.542. The fourth-order valence-electron chi connectivity index (χ4n) is 4.99. The second kappa shape index (κ2) is 9.21. The van der Waals surface area contributed by atoms with Crippen LogP contribution in [0.5, 0.6) is 0 Å². The maximum atomic E-state index is 14.4. The molecule has 0 radical (unpaired) electrons. The first kappa shape index (κ1) is 20.9. The number of nitrogens with one attached hydrogen (secondary N) is 1. The van der Waals surface area contributed by atoms with Gasteiger partial charge in [-0.2, -0.15) is 0 Å². The third-order valence-corrected chi connectivity index (χ3v) is 6.67. The molecule has 30 heavy (non-hydrogen) atoms. The highest BCUT2D eigenvalue weighted by Gasteiger charge is 2.26. The van der Waals surface area contributed by atoms with Crippen LogP contribution in [0.15, 0.2) is 30.6 Å². The minimum atomic E-state index is -0.383. The summed E-state index contributed by atoms with van der Waals surface area (Å²) in [7, 11) is 0. The zero-order valence-electron chi connectivity index (χ0n) is 17.5. The molecule has 2 aromatic rings. The number of aliphatic hydroxyl groups is 1. The summed E-state index contributed by atoms with van der Waals surface area (Å²) in [6, 6.07) is 4.76. The standard InChI is InChI=1S/C24H30FN3O2/c1-15-3-2-4-17(13-15)19-11-12-26-14-22(19)28-24(30)21-10-9-20(25)23(27-21)16-5-7-18(29)8-6-16/h9-12,14-18,29H,2-8,13H2,1H3,(H,28,30)/t15?,16?,17-,18?/m0/s1. The van der Waals surface area contributed by atoms with Crippen LogP contribution in [-0.2, 0) is 0 Å². The van der Waals surface area contributed by atoms with Crippen LogP contribution >= 0.6 is 0 Å². The monoisotopic (exact) mass is 411 g/mol. The molecular weight excluding hydrogens is 381 g/mol. The summed E-state index contributed by atoms with van der Waals surface area (Å²) in [6.07, 6.45) is 10.5. The number of halogens is 1. The minimum Gasteiger partial charge on any atom is -0.393 e. The number of hydrogen-bond acceptors (Lipinski definition) is 4. The number of amides is 1. The molecule has 6 heteroatoms. The van der Waals surface area contributed by atoms with Crippen molar-refractivity contribution < 1.29 is 14.3 Å². The van der Waals surface area contributed by atoms with Crippen LogP contribution in [0.3, 0.4) is 0 Å². The smallest absolute Gasteiger partial charge is 0.274 e. The molecule has 0 aliphatic heterocycles. The molecular formula is C24H30FN3O2. The van der Waals surface area contributed by atoms with Crippen LogP contribution < -0.4 is 5.32 Å². The van der Waals surface area contributed by atoms with Crippen molar-refractivity contribution in [3.05, 3.63) is 53.4 Å². The maximum absolute atomic E-state index is 14.4. The van der Waals surface area contributed by atoms with Gasteiger partial charge in [-0.15, -0.1) is 0 Å². The van der Waals surface area contributed by atoms with Crippen molar-refractivity contribution >= 4 is 11.6 Å². The number of carbonyl (C=O) groups excluding carboxylic acids is 1. The predicted molar refractivity (Wildman–Crippen MR) is 114 cm³/mol. The lowest BCUT2D eigenvalue weighted by molar-refractivity contribution is 0.102. The van der Waals surface area contributed by atoms with Crippen molar-refractivity contribution in [3.8, 4) is 0 Å². The van der Waals surface area contributed by atoms with Crippen molar-refractivity contribution in [1.29, 1.82) is 0 Å². The molecule has 1 unspecified atom stereocenters. The Hall–Kier alpha value is -2.34. The van der Waals surface area contributed by atoms with Gasteiger partial charge in [-0.25, -0.2) is 9.37 Å². The SMILES string of the molecule is CC1CCC[C@H](c2ccncc2NC(=O)c2ccc(F)c(C3CCC(O)CC3)n2)C1. The lowest BCUT2D eigenvalue weighted by atomic mass is 9.78. The van der Waals surface area contributed by atoms with Crippen LogP contribution in [0, 0.1) is 11.7 Å². The van der Waals surface area contributed by atoms with E-state index in [0.717, 1.165) is 24.1 Å². The van der Waals surface area contributed by atoms with Gasteiger partial charge in [0.15, 0.2) is 0 Å². The topological polar surface area (TPSA) is 75.1 Å². The Bertz CT molecular complexity index is 896. The van der Waals surface area contributed by atoms with Crippen LogP contribution in [-0.4, -0.2) is 27.1 Å². The van der Waals surface area contributed by atoms with Gasteiger partial charge in [0.2, 0.25) is 0 Å². The molecule has 1 amide bonds. The van der Waals surface area contributed by atoms with Crippen LogP contribution in [0.2, 0.25) is 0 Å². The molecule has 2 aliphatic rings. The molecule has 2 N–H and O–H groups in total. The Balaban J connectivity index is 1.53. The molecule has 0 spiro atoms. The van der Waals surface area contributed by atoms with E-state index in [0.29, 0.717) is 43.2 Å². The zero-order chi connectivity index (χ0) is 21.1. The normalized spacial score (nSPS) is 26.9. The quantitative estimate of drug-likeness (QED) is 0.727. The van der Waals surface area contributed by atoms with E-state index >= 15 is 0 Å². The lowest BCUT2D eigenvalue weighted by Crippen LogP contribution is -2.21. The van der Waals surface area contributed by atoms with Crippen LogP contribution in [0.4, 0.5) is 10.1 Å². The summed E-state index contributed by atoms with van der Waals surface area (Å²) in [5.41, 5.74) is 2.38. The Morgan fingerprint density at radius 2 is 1.90 bits per heavy atom. The number of aliphatic hydroxyl groups excluding tert-OH is 1. The summed E-state index contributed by atoms with van der Waals surface area (Å²) < 4.78 is 14.4. The Labute approximate surface area is 177 Å². The van der Waals surface area contributed by atoms with Crippen molar-refractivity contribution in [2.75, 3.05) is 5.32 Å². The number of nitrogens with zero attached hydrogens (tertiary/aromatic N) is 2. The number of hydrogen-bond donors (Lipinski definition) is 2. The van der Waals surface area contributed by atoms with Gasteiger partial charge in [0.25, 0.3) is 5.91 Å². The second-order valence-electron chi connectivity index (χ2n) is 8.95. The summed E-state index contributed by atoms with van der Waals surface area (Å²) in [6.45, 7) is 2.28. The van der Waals surface area contributed by atoms with Gasteiger partial charge < -0.3 is 10.4 Å². The minimum absolute atomic E-state index is 0.0566. The van der Waals surface area contributed by atoms with E-state index < -0.39 is 0 Å². The summed E-state index contributed by atoms with van der Waals surface area (Å²) in [5.74, 6) is 0.309. The molecule has 2 heterocycles. The molecule has 5 nitrogen and oxygen atoms in total. The molecule has 160 valence electrons. The largest absolute Gasteiger partial charge is 0.393 e. The zero-order valence-corrected chi connectivity index (χ0v) is 17.5. The van der Waals surface area contributed by atoms with Gasteiger partial charge in [-0.3, -0.25) is 9.78 Å². The summed E-state index contributed by atoms with van der Waals surface area (Å²) >= 11 is 0. The third-order valence-electron chi connectivity index (χ3n) is 6.67. The number of pyridine rings is 2. The van der Waals surface area contributed by atoms with E-state index in [1.165, 1.54) is 25.0 Å².